The van der Waals surface area contributed by atoms with E-state index in [0.717, 1.165) is 11.9 Å². The smallest absolute Gasteiger partial charge is 0.328 e. The number of nitrogens with one attached hydrogen (secondary N) is 1. The van der Waals surface area contributed by atoms with Gasteiger partial charge in [0.2, 0.25) is 5.88 Å². The Morgan fingerprint density at radius 2 is 2.00 bits per heavy atom. The summed E-state index contributed by atoms with van der Waals surface area (Å²) in [5.41, 5.74) is 0.634. The Morgan fingerprint density at radius 1 is 1.29 bits per heavy atom. The minimum Gasteiger partial charge on any atom is -0.464 e. The van der Waals surface area contributed by atoms with Gasteiger partial charge in [-0.05, 0) is 38.1 Å². The Bertz CT molecular complexity index is 701. The molecule has 0 saturated carbocycles. The molecule has 8 heteroatoms. The van der Waals surface area contributed by atoms with Gasteiger partial charge in [0.1, 0.15) is 18.0 Å². The van der Waals surface area contributed by atoms with Crippen LogP contribution in [0.1, 0.15) is 13.8 Å². The first-order chi connectivity index (χ1) is 11.5. The Kier molecular flexibility index (Phi) is 5.67. The number of ether oxygens (including phenoxy) is 2. The number of carbonyl (C=O) groups excluding carboxylic acids is 1. The number of hydrogen-bond donors (Lipinski definition) is 1. The summed E-state index contributed by atoms with van der Waals surface area (Å²) >= 11 is 0. The van der Waals surface area contributed by atoms with E-state index in [-0.39, 0.29) is 17.5 Å². The normalized spacial score (nSPS) is 11.4. The van der Waals surface area contributed by atoms with Crippen LogP contribution in [0.2, 0.25) is 0 Å². The van der Waals surface area contributed by atoms with Crippen molar-refractivity contribution in [3.8, 4) is 11.6 Å². The fourth-order valence-electron chi connectivity index (χ4n) is 1.86. The second-order valence-corrected chi connectivity index (χ2v) is 4.86. The Balaban J connectivity index is 1.96. The zero-order chi connectivity index (χ0) is 17.5. The number of aromatic nitrogens is 1. The predicted octanol–water partition coefficient (Wildman–Crippen LogP) is 3.15. The lowest BCUT2D eigenvalue weighted by molar-refractivity contribution is -0.385. The summed E-state index contributed by atoms with van der Waals surface area (Å²) < 4.78 is 10.4. The average molecular weight is 331 g/mol. The predicted molar refractivity (Wildman–Crippen MR) is 87.1 cm³/mol. The van der Waals surface area contributed by atoms with Crippen molar-refractivity contribution in [3.63, 3.8) is 0 Å². The Hall–Kier alpha value is -3.16. The SMILES string of the molecule is CCOC(=O)C(C)Nc1ccc(Oc2ccc([N+](=O)[O-])cn2)cc1. The maximum absolute atomic E-state index is 11.6. The zero-order valence-corrected chi connectivity index (χ0v) is 13.3. The van der Waals surface area contributed by atoms with Crippen molar-refractivity contribution in [2.75, 3.05) is 11.9 Å². The summed E-state index contributed by atoms with van der Waals surface area (Å²) in [4.78, 5) is 25.5. The van der Waals surface area contributed by atoms with Gasteiger partial charge in [0.05, 0.1) is 11.5 Å². The van der Waals surface area contributed by atoms with E-state index in [1.807, 2.05) is 0 Å². The average Bonchev–Trinajstić information content (AvgIpc) is 2.57. The highest BCUT2D eigenvalue weighted by atomic mass is 16.6. The van der Waals surface area contributed by atoms with Gasteiger partial charge in [-0.25, -0.2) is 9.78 Å². The van der Waals surface area contributed by atoms with Crippen molar-refractivity contribution in [2.45, 2.75) is 19.9 Å². The van der Waals surface area contributed by atoms with Crippen molar-refractivity contribution in [1.82, 2.24) is 4.98 Å². The van der Waals surface area contributed by atoms with Crippen LogP contribution < -0.4 is 10.1 Å². The number of carbonyl (C=O) groups is 1. The molecular weight excluding hydrogens is 314 g/mol. The molecule has 0 spiro atoms. The van der Waals surface area contributed by atoms with Crippen molar-refractivity contribution >= 4 is 17.3 Å². The number of rotatable bonds is 7. The summed E-state index contributed by atoms with van der Waals surface area (Å²) in [6.45, 7) is 3.80. The van der Waals surface area contributed by atoms with Crippen LogP contribution in [0, 0.1) is 10.1 Å². The fourth-order valence-corrected chi connectivity index (χ4v) is 1.86. The lowest BCUT2D eigenvalue weighted by atomic mass is 10.2. The highest BCUT2D eigenvalue weighted by Crippen LogP contribution is 2.23. The molecule has 1 unspecified atom stereocenters. The van der Waals surface area contributed by atoms with Crippen LogP contribution in [0.3, 0.4) is 0 Å². The van der Waals surface area contributed by atoms with Gasteiger partial charge < -0.3 is 14.8 Å². The number of nitrogens with zero attached hydrogens (tertiary/aromatic N) is 2. The molecule has 1 aromatic heterocycles. The third-order valence-electron chi connectivity index (χ3n) is 3.03. The molecule has 1 atom stereocenters. The number of esters is 1. The number of benzene rings is 1. The van der Waals surface area contributed by atoms with Crippen LogP contribution in [0.4, 0.5) is 11.4 Å². The molecule has 2 rings (SSSR count). The summed E-state index contributed by atoms with van der Waals surface area (Å²) in [6, 6.07) is 9.17. The molecule has 0 aliphatic heterocycles. The van der Waals surface area contributed by atoms with Gasteiger partial charge in [0, 0.05) is 17.8 Å². The molecule has 1 aromatic carbocycles. The molecule has 0 saturated heterocycles. The molecule has 126 valence electrons. The first-order valence-corrected chi connectivity index (χ1v) is 7.31. The lowest BCUT2D eigenvalue weighted by Crippen LogP contribution is -2.28. The monoisotopic (exact) mass is 331 g/mol. The highest BCUT2D eigenvalue weighted by molar-refractivity contribution is 5.78. The molecule has 0 radical (unpaired) electrons. The first-order valence-electron chi connectivity index (χ1n) is 7.31. The first kappa shape index (κ1) is 17.2. The molecular formula is C16H17N3O5. The van der Waals surface area contributed by atoms with Crippen LogP contribution >= 0.6 is 0 Å². The second-order valence-electron chi connectivity index (χ2n) is 4.86. The van der Waals surface area contributed by atoms with Crippen molar-refractivity contribution in [3.05, 3.63) is 52.7 Å². The largest absolute Gasteiger partial charge is 0.464 e. The van der Waals surface area contributed by atoms with Gasteiger partial charge in [0.15, 0.2) is 0 Å². The molecule has 1 N–H and O–H groups in total. The Morgan fingerprint density at radius 3 is 2.54 bits per heavy atom. The van der Waals surface area contributed by atoms with Crippen molar-refractivity contribution in [2.24, 2.45) is 0 Å². The molecule has 0 bridgehead atoms. The highest BCUT2D eigenvalue weighted by Gasteiger charge is 2.13. The molecule has 8 nitrogen and oxygen atoms in total. The molecule has 1 heterocycles. The lowest BCUT2D eigenvalue weighted by Gasteiger charge is -2.14. The molecule has 0 aliphatic rings. The summed E-state index contributed by atoms with van der Waals surface area (Å²) in [6.07, 6.45) is 1.13. The van der Waals surface area contributed by atoms with E-state index in [4.69, 9.17) is 9.47 Å². The van der Waals surface area contributed by atoms with E-state index in [1.54, 1.807) is 38.1 Å². The molecule has 0 fully saturated rings. The van der Waals surface area contributed by atoms with E-state index in [2.05, 4.69) is 10.3 Å². The van der Waals surface area contributed by atoms with Gasteiger partial charge in [-0.15, -0.1) is 0 Å². The summed E-state index contributed by atoms with van der Waals surface area (Å²) in [5.74, 6) is 0.444. The topological polar surface area (TPSA) is 104 Å². The maximum atomic E-state index is 11.6. The molecule has 0 amide bonds. The van der Waals surface area contributed by atoms with E-state index in [1.165, 1.54) is 12.1 Å². The van der Waals surface area contributed by atoms with Crippen LogP contribution in [-0.2, 0) is 9.53 Å². The summed E-state index contributed by atoms with van der Waals surface area (Å²) in [5, 5.41) is 13.6. The van der Waals surface area contributed by atoms with E-state index < -0.39 is 11.0 Å². The van der Waals surface area contributed by atoms with E-state index in [0.29, 0.717) is 12.4 Å². The Labute approximate surface area is 138 Å². The third kappa shape index (κ3) is 4.67. The van der Waals surface area contributed by atoms with Gasteiger partial charge in [-0.1, -0.05) is 0 Å². The molecule has 0 aliphatic carbocycles. The van der Waals surface area contributed by atoms with Gasteiger partial charge in [0.25, 0.3) is 5.69 Å². The van der Waals surface area contributed by atoms with Crippen LogP contribution in [0.15, 0.2) is 42.6 Å². The molecule has 24 heavy (non-hydrogen) atoms. The van der Waals surface area contributed by atoms with Gasteiger partial charge >= 0.3 is 5.97 Å². The minimum absolute atomic E-state index is 0.102. The second kappa shape index (κ2) is 7.91. The molecule has 2 aromatic rings. The zero-order valence-electron chi connectivity index (χ0n) is 13.3. The van der Waals surface area contributed by atoms with E-state index >= 15 is 0 Å². The van der Waals surface area contributed by atoms with Crippen molar-refractivity contribution < 1.29 is 19.2 Å². The van der Waals surface area contributed by atoms with Crippen LogP contribution in [0.25, 0.3) is 0 Å². The third-order valence-corrected chi connectivity index (χ3v) is 3.03. The van der Waals surface area contributed by atoms with Crippen LogP contribution in [-0.4, -0.2) is 28.5 Å². The number of anilines is 1. The fraction of sp³-hybridized carbons (Fsp3) is 0.250. The number of hydrogen-bond acceptors (Lipinski definition) is 7. The van der Waals surface area contributed by atoms with Gasteiger partial charge in [-0.2, -0.15) is 0 Å². The van der Waals surface area contributed by atoms with Crippen molar-refractivity contribution in [1.29, 1.82) is 0 Å². The van der Waals surface area contributed by atoms with Crippen LogP contribution in [0.5, 0.6) is 11.6 Å². The number of nitro groups is 1. The quantitative estimate of drug-likeness (QED) is 0.472. The minimum atomic E-state index is -0.526. The van der Waals surface area contributed by atoms with E-state index in [9.17, 15) is 14.9 Å². The number of pyridine rings is 1. The summed E-state index contributed by atoms with van der Waals surface area (Å²) in [7, 11) is 0. The maximum Gasteiger partial charge on any atom is 0.328 e. The van der Waals surface area contributed by atoms with Gasteiger partial charge in [-0.3, -0.25) is 10.1 Å². The standard InChI is InChI=1S/C16H17N3O5/c1-3-23-16(20)11(2)18-12-4-7-14(8-5-12)24-15-9-6-13(10-17-15)19(21)22/h4-11,18H,3H2,1-2H3.